The summed E-state index contributed by atoms with van der Waals surface area (Å²) in [4.78, 5) is 15.6. The molecule has 0 radical (unpaired) electrons. The van der Waals surface area contributed by atoms with Crippen molar-refractivity contribution in [2.45, 2.75) is 35.4 Å². The summed E-state index contributed by atoms with van der Waals surface area (Å²) in [6.07, 6.45) is 7.25. The molecule has 1 fully saturated rings. The van der Waals surface area contributed by atoms with Crippen molar-refractivity contribution in [1.82, 2.24) is 4.90 Å². The number of ether oxygens (including phenoxy) is 1. The van der Waals surface area contributed by atoms with Gasteiger partial charge in [-0.3, -0.25) is 4.79 Å². The fraction of sp³-hybridized carbons (Fsp3) is 0.562. The Morgan fingerprint density at radius 1 is 1.38 bits per heavy atom. The molecule has 21 heavy (non-hydrogen) atoms. The molecule has 1 aromatic rings. The molecule has 0 aliphatic heterocycles. The molecule has 1 aromatic carbocycles. The van der Waals surface area contributed by atoms with Gasteiger partial charge in [-0.2, -0.15) is 0 Å². The lowest BCUT2D eigenvalue weighted by Gasteiger charge is -2.41. The monoisotopic (exact) mass is 325 g/mol. The van der Waals surface area contributed by atoms with Gasteiger partial charge in [-0.15, -0.1) is 23.5 Å². The molecule has 0 aromatic heterocycles. The Balaban J connectivity index is 2.09. The predicted octanol–water partition coefficient (Wildman–Crippen LogP) is 3.66. The van der Waals surface area contributed by atoms with Gasteiger partial charge in [-0.25, -0.2) is 0 Å². The van der Waals surface area contributed by atoms with Crippen LogP contribution in [-0.4, -0.2) is 42.2 Å². The highest BCUT2D eigenvalue weighted by Crippen LogP contribution is 2.44. The van der Waals surface area contributed by atoms with E-state index in [-0.39, 0.29) is 10.7 Å². The summed E-state index contributed by atoms with van der Waals surface area (Å²) in [5.74, 6) is 1.14. The molecule has 1 aliphatic carbocycles. The highest BCUT2D eigenvalue weighted by Gasteiger charge is 2.44. The quantitative estimate of drug-likeness (QED) is 0.747. The van der Waals surface area contributed by atoms with Crippen LogP contribution in [0.4, 0.5) is 0 Å². The number of carbonyl (C=O) groups is 1. The van der Waals surface area contributed by atoms with Gasteiger partial charge in [0, 0.05) is 18.5 Å². The molecule has 3 nitrogen and oxygen atoms in total. The Bertz CT molecular complexity index is 509. The summed E-state index contributed by atoms with van der Waals surface area (Å²) >= 11 is 3.37. The third-order valence-electron chi connectivity index (χ3n) is 4.16. The second-order valence-corrected chi connectivity index (χ2v) is 7.44. The van der Waals surface area contributed by atoms with Crippen molar-refractivity contribution < 1.29 is 9.53 Å². The minimum atomic E-state index is -0.169. The van der Waals surface area contributed by atoms with Crippen molar-refractivity contribution >= 4 is 29.4 Å². The van der Waals surface area contributed by atoms with E-state index in [0.717, 1.165) is 35.5 Å². The number of rotatable bonds is 6. The number of hydrogen-bond acceptors (Lipinski definition) is 4. The van der Waals surface area contributed by atoms with Crippen molar-refractivity contribution in [3.8, 4) is 5.75 Å². The summed E-state index contributed by atoms with van der Waals surface area (Å²) in [5.41, 5.74) is 1.11. The average molecular weight is 325 g/mol. The van der Waals surface area contributed by atoms with E-state index >= 15 is 0 Å². The summed E-state index contributed by atoms with van der Waals surface area (Å²) in [7, 11) is 3.58. The van der Waals surface area contributed by atoms with Crippen molar-refractivity contribution in [1.29, 1.82) is 0 Å². The van der Waals surface area contributed by atoms with Gasteiger partial charge in [-0.05, 0) is 49.5 Å². The molecule has 0 atom stereocenters. The SMILES string of the molecule is COc1cc(CN(C)C(=O)C2(SC)CCC2)ccc1SC. The van der Waals surface area contributed by atoms with Crippen LogP contribution in [0, 0.1) is 0 Å². The van der Waals surface area contributed by atoms with E-state index in [2.05, 4.69) is 12.1 Å². The Morgan fingerprint density at radius 3 is 2.57 bits per heavy atom. The molecule has 0 saturated heterocycles. The largest absolute Gasteiger partial charge is 0.496 e. The van der Waals surface area contributed by atoms with Crippen LogP contribution in [0.25, 0.3) is 0 Å². The molecular formula is C16H23NO2S2. The number of carbonyl (C=O) groups excluding carboxylic acids is 1. The number of hydrogen-bond donors (Lipinski definition) is 0. The second-order valence-electron chi connectivity index (χ2n) is 5.40. The fourth-order valence-electron chi connectivity index (χ4n) is 2.68. The number of benzene rings is 1. The van der Waals surface area contributed by atoms with Crippen LogP contribution in [0.15, 0.2) is 23.1 Å². The van der Waals surface area contributed by atoms with E-state index in [9.17, 15) is 4.79 Å². The van der Waals surface area contributed by atoms with Crippen molar-refractivity contribution in [2.24, 2.45) is 0 Å². The van der Waals surface area contributed by atoms with E-state index in [4.69, 9.17) is 4.74 Å². The molecule has 1 amide bonds. The van der Waals surface area contributed by atoms with Crippen molar-refractivity contribution in [3.05, 3.63) is 23.8 Å². The average Bonchev–Trinajstić information content (AvgIpc) is 2.46. The van der Waals surface area contributed by atoms with E-state index in [1.807, 2.05) is 30.5 Å². The van der Waals surface area contributed by atoms with E-state index < -0.39 is 0 Å². The van der Waals surface area contributed by atoms with Gasteiger partial charge in [0.25, 0.3) is 0 Å². The number of amides is 1. The first-order valence-corrected chi connectivity index (χ1v) is 9.53. The normalized spacial score (nSPS) is 16.2. The molecule has 2 rings (SSSR count). The number of nitrogens with zero attached hydrogens (tertiary/aromatic N) is 1. The van der Waals surface area contributed by atoms with Gasteiger partial charge in [-0.1, -0.05) is 6.07 Å². The zero-order chi connectivity index (χ0) is 15.5. The molecule has 0 unspecified atom stereocenters. The maximum atomic E-state index is 12.6. The molecule has 0 N–H and O–H groups in total. The van der Waals surface area contributed by atoms with Crippen LogP contribution in [-0.2, 0) is 11.3 Å². The smallest absolute Gasteiger partial charge is 0.238 e. The Labute approximate surface area is 135 Å². The fourth-order valence-corrected chi connectivity index (χ4v) is 4.25. The zero-order valence-corrected chi connectivity index (χ0v) is 14.8. The number of thioether (sulfide) groups is 2. The Morgan fingerprint density at radius 2 is 2.10 bits per heavy atom. The standard InChI is InChI=1S/C16H23NO2S2/c1-17(15(18)16(21-4)8-5-9-16)11-12-6-7-14(20-3)13(10-12)19-2/h6-7,10H,5,8-9,11H2,1-4H3. The van der Waals surface area contributed by atoms with Gasteiger partial charge in [0.1, 0.15) is 5.75 Å². The van der Waals surface area contributed by atoms with Crippen LogP contribution in [0.2, 0.25) is 0 Å². The molecule has 116 valence electrons. The minimum absolute atomic E-state index is 0.169. The lowest BCUT2D eigenvalue weighted by molar-refractivity contribution is -0.135. The van der Waals surface area contributed by atoms with E-state index in [1.165, 1.54) is 0 Å². The summed E-state index contributed by atoms with van der Waals surface area (Å²) in [6.45, 7) is 0.631. The zero-order valence-electron chi connectivity index (χ0n) is 13.1. The third-order valence-corrected chi connectivity index (χ3v) is 6.30. The Kier molecular flexibility index (Phi) is 5.49. The molecule has 0 spiro atoms. The Hall–Kier alpha value is -0.810. The number of methoxy groups -OCH3 is 1. The maximum absolute atomic E-state index is 12.6. The van der Waals surface area contributed by atoms with Crippen molar-refractivity contribution in [2.75, 3.05) is 26.7 Å². The van der Waals surface area contributed by atoms with Crippen LogP contribution >= 0.6 is 23.5 Å². The highest BCUT2D eigenvalue weighted by molar-refractivity contribution is 8.00. The minimum Gasteiger partial charge on any atom is -0.496 e. The van der Waals surface area contributed by atoms with Gasteiger partial charge in [0.15, 0.2) is 0 Å². The van der Waals surface area contributed by atoms with Crippen LogP contribution in [0.1, 0.15) is 24.8 Å². The molecule has 1 saturated carbocycles. The van der Waals surface area contributed by atoms with E-state index in [1.54, 1.807) is 30.6 Å². The lowest BCUT2D eigenvalue weighted by atomic mass is 9.83. The molecule has 5 heteroatoms. The van der Waals surface area contributed by atoms with Gasteiger partial charge in [0.05, 0.1) is 11.9 Å². The van der Waals surface area contributed by atoms with Crippen LogP contribution in [0.3, 0.4) is 0 Å². The van der Waals surface area contributed by atoms with Crippen LogP contribution < -0.4 is 4.74 Å². The molecule has 0 heterocycles. The second kappa shape index (κ2) is 6.97. The summed E-state index contributed by atoms with van der Waals surface area (Å²) in [6, 6.07) is 6.16. The molecule has 1 aliphatic rings. The first-order chi connectivity index (χ1) is 10.1. The lowest BCUT2D eigenvalue weighted by Crippen LogP contribution is -2.49. The van der Waals surface area contributed by atoms with Crippen molar-refractivity contribution in [3.63, 3.8) is 0 Å². The highest BCUT2D eigenvalue weighted by atomic mass is 32.2. The molecule has 0 bridgehead atoms. The summed E-state index contributed by atoms with van der Waals surface area (Å²) < 4.78 is 5.24. The van der Waals surface area contributed by atoms with Gasteiger partial charge >= 0.3 is 0 Å². The van der Waals surface area contributed by atoms with Gasteiger partial charge < -0.3 is 9.64 Å². The topological polar surface area (TPSA) is 29.5 Å². The first-order valence-electron chi connectivity index (χ1n) is 7.08. The first kappa shape index (κ1) is 16.6. The van der Waals surface area contributed by atoms with E-state index in [0.29, 0.717) is 6.54 Å². The predicted molar refractivity (Wildman–Crippen MR) is 91.3 cm³/mol. The maximum Gasteiger partial charge on any atom is 0.238 e. The van der Waals surface area contributed by atoms with Crippen LogP contribution in [0.5, 0.6) is 5.75 Å². The molecular weight excluding hydrogens is 302 g/mol. The van der Waals surface area contributed by atoms with Gasteiger partial charge in [0.2, 0.25) is 5.91 Å². The third kappa shape index (κ3) is 3.34. The summed E-state index contributed by atoms with van der Waals surface area (Å²) in [5, 5.41) is 0.